The third-order valence-corrected chi connectivity index (χ3v) is 2.86. The van der Waals surface area contributed by atoms with Gasteiger partial charge in [0.05, 0.1) is 0 Å². The molecule has 0 aliphatic carbocycles. The molecule has 1 heterocycles. The first-order chi connectivity index (χ1) is 8.66. The summed E-state index contributed by atoms with van der Waals surface area (Å²) >= 11 is 0. The van der Waals surface area contributed by atoms with Crippen molar-refractivity contribution in [2.24, 2.45) is 0 Å². The van der Waals surface area contributed by atoms with E-state index in [4.69, 9.17) is 0 Å². The molecule has 1 aromatic heterocycles. The molecule has 0 spiro atoms. The van der Waals surface area contributed by atoms with Crippen LogP contribution < -0.4 is 5.32 Å². The Balaban J connectivity index is 1.97. The van der Waals surface area contributed by atoms with Crippen LogP contribution in [0.1, 0.15) is 24.1 Å². The van der Waals surface area contributed by atoms with E-state index in [1.54, 1.807) is 24.5 Å². The van der Waals surface area contributed by atoms with Crippen molar-refractivity contribution in [2.45, 2.75) is 19.5 Å². The van der Waals surface area contributed by atoms with Crippen LogP contribution in [0.2, 0.25) is 0 Å². The number of rotatable bonds is 4. The monoisotopic (exact) mass is 244 g/mol. The number of nitrogens with one attached hydrogen (secondary N) is 1. The van der Waals surface area contributed by atoms with Gasteiger partial charge < -0.3 is 15.5 Å². The number of hydrogen-bond acceptors (Lipinski definition) is 4. The zero-order chi connectivity index (χ0) is 13.0. The minimum absolute atomic E-state index is 0.0918. The lowest BCUT2D eigenvalue weighted by Crippen LogP contribution is -2.17. The molecule has 2 rings (SSSR count). The van der Waals surface area contributed by atoms with Gasteiger partial charge in [0.1, 0.15) is 0 Å². The van der Waals surface area contributed by atoms with Crippen molar-refractivity contribution >= 4 is 0 Å². The van der Waals surface area contributed by atoms with Crippen molar-refractivity contribution in [1.82, 2.24) is 10.3 Å². The zero-order valence-corrected chi connectivity index (χ0v) is 10.2. The first kappa shape index (κ1) is 12.4. The fourth-order valence-electron chi connectivity index (χ4n) is 1.72. The Morgan fingerprint density at radius 3 is 2.50 bits per heavy atom. The molecule has 0 radical (unpaired) electrons. The van der Waals surface area contributed by atoms with Crippen LogP contribution in [0.4, 0.5) is 0 Å². The second kappa shape index (κ2) is 5.51. The molecule has 0 saturated heterocycles. The third kappa shape index (κ3) is 2.99. The fourth-order valence-corrected chi connectivity index (χ4v) is 1.72. The molecule has 0 bridgehead atoms. The van der Waals surface area contributed by atoms with Crippen LogP contribution in [-0.4, -0.2) is 15.2 Å². The smallest absolute Gasteiger partial charge is 0.157 e. The number of aromatic nitrogens is 1. The molecule has 0 aliphatic heterocycles. The van der Waals surface area contributed by atoms with E-state index in [-0.39, 0.29) is 17.5 Å². The predicted octanol–water partition coefficient (Wildman–Crippen LogP) is 2.34. The average Bonchev–Trinajstić information content (AvgIpc) is 2.41. The molecule has 0 amide bonds. The molecular weight excluding hydrogens is 228 g/mol. The van der Waals surface area contributed by atoms with Crippen LogP contribution in [0.25, 0.3) is 0 Å². The van der Waals surface area contributed by atoms with Crippen LogP contribution in [0.3, 0.4) is 0 Å². The predicted molar refractivity (Wildman–Crippen MR) is 69.3 cm³/mol. The number of aromatic hydroxyl groups is 2. The van der Waals surface area contributed by atoms with E-state index >= 15 is 0 Å². The van der Waals surface area contributed by atoms with E-state index in [2.05, 4.69) is 17.2 Å². The fraction of sp³-hybridized carbons (Fsp3) is 0.214. The van der Waals surface area contributed by atoms with Gasteiger partial charge >= 0.3 is 0 Å². The summed E-state index contributed by atoms with van der Waals surface area (Å²) in [7, 11) is 0. The molecule has 0 unspecified atom stereocenters. The van der Waals surface area contributed by atoms with Gasteiger partial charge in [-0.25, -0.2) is 0 Å². The minimum atomic E-state index is -0.0964. The highest BCUT2D eigenvalue weighted by atomic mass is 16.3. The highest BCUT2D eigenvalue weighted by molar-refractivity contribution is 5.40. The number of benzene rings is 1. The van der Waals surface area contributed by atoms with Gasteiger partial charge in [0.25, 0.3) is 0 Å². The maximum Gasteiger partial charge on any atom is 0.157 e. The molecule has 18 heavy (non-hydrogen) atoms. The summed E-state index contributed by atoms with van der Waals surface area (Å²) in [5.74, 6) is -0.188. The van der Waals surface area contributed by atoms with Gasteiger partial charge in [0.2, 0.25) is 0 Å². The number of phenols is 2. The second-order valence-corrected chi connectivity index (χ2v) is 4.21. The third-order valence-electron chi connectivity index (χ3n) is 2.86. The van der Waals surface area contributed by atoms with Crippen LogP contribution in [0.5, 0.6) is 11.5 Å². The zero-order valence-electron chi connectivity index (χ0n) is 10.2. The van der Waals surface area contributed by atoms with Crippen LogP contribution in [0.15, 0.2) is 42.7 Å². The summed E-state index contributed by atoms with van der Waals surface area (Å²) in [6.07, 6.45) is 3.53. The molecule has 0 fully saturated rings. The molecule has 0 saturated carbocycles. The molecule has 2 aromatic rings. The van der Waals surface area contributed by atoms with E-state index in [0.717, 1.165) is 11.1 Å². The highest BCUT2D eigenvalue weighted by Gasteiger charge is 2.05. The Hall–Kier alpha value is -2.07. The Morgan fingerprint density at radius 1 is 1.11 bits per heavy atom. The Bertz CT molecular complexity index is 514. The van der Waals surface area contributed by atoms with Gasteiger partial charge in [-0.2, -0.15) is 0 Å². The lowest BCUT2D eigenvalue weighted by atomic mass is 10.1. The number of nitrogens with zero attached hydrogens (tertiary/aromatic N) is 1. The van der Waals surface area contributed by atoms with E-state index < -0.39 is 0 Å². The standard InChI is InChI=1S/C14H16N2O2/c1-10(12-4-6-15-7-5-12)16-9-11-2-3-13(17)14(18)8-11/h2-8,10,16-18H,9H2,1H3/t10-/m0/s1. The SMILES string of the molecule is C[C@H](NCc1ccc(O)c(O)c1)c1ccncc1. The van der Waals surface area contributed by atoms with Crippen molar-refractivity contribution in [3.8, 4) is 11.5 Å². The van der Waals surface area contributed by atoms with Gasteiger partial charge in [-0.05, 0) is 42.3 Å². The molecular formula is C14H16N2O2. The van der Waals surface area contributed by atoms with E-state index in [1.807, 2.05) is 12.1 Å². The van der Waals surface area contributed by atoms with E-state index in [1.165, 1.54) is 6.07 Å². The molecule has 3 N–H and O–H groups in total. The maximum atomic E-state index is 9.40. The average molecular weight is 244 g/mol. The lowest BCUT2D eigenvalue weighted by molar-refractivity contribution is 0.402. The van der Waals surface area contributed by atoms with E-state index in [9.17, 15) is 10.2 Å². The Labute approximate surface area is 106 Å². The van der Waals surface area contributed by atoms with Crippen molar-refractivity contribution in [3.05, 3.63) is 53.9 Å². The van der Waals surface area contributed by atoms with Gasteiger partial charge in [-0.15, -0.1) is 0 Å². The second-order valence-electron chi connectivity index (χ2n) is 4.21. The lowest BCUT2D eigenvalue weighted by Gasteiger charge is -2.14. The normalized spacial score (nSPS) is 12.3. The quantitative estimate of drug-likeness (QED) is 0.722. The number of pyridine rings is 1. The van der Waals surface area contributed by atoms with Crippen molar-refractivity contribution in [2.75, 3.05) is 0 Å². The first-order valence-corrected chi connectivity index (χ1v) is 5.81. The Morgan fingerprint density at radius 2 is 1.83 bits per heavy atom. The van der Waals surface area contributed by atoms with E-state index in [0.29, 0.717) is 6.54 Å². The molecule has 1 atom stereocenters. The van der Waals surface area contributed by atoms with Gasteiger partial charge in [0, 0.05) is 25.0 Å². The topological polar surface area (TPSA) is 65.4 Å². The molecule has 94 valence electrons. The van der Waals surface area contributed by atoms with Crippen molar-refractivity contribution in [3.63, 3.8) is 0 Å². The summed E-state index contributed by atoms with van der Waals surface area (Å²) < 4.78 is 0. The van der Waals surface area contributed by atoms with Crippen LogP contribution in [-0.2, 0) is 6.54 Å². The van der Waals surface area contributed by atoms with Gasteiger partial charge in [-0.3, -0.25) is 4.98 Å². The molecule has 4 nitrogen and oxygen atoms in total. The Kier molecular flexibility index (Phi) is 3.79. The number of hydrogen-bond donors (Lipinski definition) is 3. The number of phenolic OH excluding ortho intramolecular Hbond substituents is 2. The van der Waals surface area contributed by atoms with Gasteiger partial charge in [0.15, 0.2) is 11.5 Å². The molecule has 0 aliphatic rings. The maximum absolute atomic E-state index is 9.40. The summed E-state index contributed by atoms with van der Waals surface area (Å²) in [4.78, 5) is 3.98. The minimum Gasteiger partial charge on any atom is -0.504 e. The van der Waals surface area contributed by atoms with Crippen molar-refractivity contribution < 1.29 is 10.2 Å². The summed E-state index contributed by atoms with van der Waals surface area (Å²) in [6, 6.07) is 8.95. The largest absolute Gasteiger partial charge is 0.504 e. The summed E-state index contributed by atoms with van der Waals surface area (Å²) in [5.41, 5.74) is 2.08. The first-order valence-electron chi connectivity index (χ1n) is 5.81. The molecule has 4 heteroatoms. The summed E-state index contributed by atoms with van der Waals surface area (Å²) in [6.45, 7) is 2.69. The van der Waals surface area contributed by atoms with Crippen LogP contribution >= 0.6 is 0 Å². The highest BCUT2D eigenvalue weighted by Crippen LogP contribution is 2.25. The van der Waals surface area contributed by atoms with Crippen molar-refractivity contribution in [1.29, 1.82) is 0 Å². The van der Waals surface area contributed by atoms with Gasteiger partial charge in [-0.1, -0.05) is 6.07 Å². The van der Waals surface area contributed by atoms with Crippen LogP contribution in [0, 0.1) is 0 Å². The molecule has 1 aromatic carbocycles. The summed E-state index contributed by atoms with van der Waals surface area (Å²) in [5, 5.41) is 22.0.